The Bertz CT molecular complexity index is 1370. The number of aromatic hydroxyl groups is 1. The molecule has 10 heteroatoms. The van der Waals surface area contributed by atoms with Gasteiger partial charge < -0.3 is 13.7 Å². The Kier molecular flexibility index (Phi) is 4.68. The van der Waals surface area contributed by atoms with E-state index in [1.807, 2.05) is 6.92 Å². The van der Waals surface area contributed by atoms with Crippen molar-refractivity contribution in [3.8, 4) is 11.5 Å². The Morgan fingerprint density at radius 2 is 1.87 bits per heavy atom. The topological polar surface area (TPSA) is 131 Å². The Morgan fingerprint density at radius 3 is 2.57 bits per heavy atom. The van der Waals surface area contributed by atoms with Crippen molar-refractivity contribution in [1.82, 2.24) is 0 Å². The minimum Gasteiger partial charge on any atom is -0.507 e. The number of fused-ring (bicyclic) bond motifs is 3. The van der Waals surface area contributed by atoms with Crippen molar-refractivity contribution < 1.29 is 65.8 Å². The third-order valence-corrected chi connectivity index (χ3v) is 6.22. The van der Waals surface area contributed by atoms with Crippen LogP contribution in [0.4, 0.5) is 0 Å². The maximum absolute atomic E-state index is 13.1. The van der Waals surface area contributed by atoms with Crippen LogP contribution in [0.1, 0.15) is 57.4 Å². The van der Waals surface area contributed by atoms with E-state index in [4.69, 9.17) is 8.97 Å². The molecule has 0 saturated carbocycles. The number of carbonyl (C=O) groups is 2. The first-order valence-electron chi connectivity index (χ1n) is 8.77. The predicted octanol–water partition coefficient (Wildman–Crippen LogP) is 0.151. The molecule has 5 rings (SSSR count). The Labute approximate surface area is 193 Å². The molecule has 1 atom stereocenters. The molecule has 30 heavy (non-hydrogen) atoms. The second-order valence-electron chi connectivity index (χ2n) is 7.48. The molecule has 2 aliphatic carbocycles. The zero-order valence-electron chi connectivity index (χ0n) is 16.1. The monoisotopic (exact) mass is 437 g/mol. The molecule has 0 saturated heterocycles. The standard InChI is InChI=1S/C20H14O8S.Na/c1-20-5-4-15(22)12-8-27-19(17(12)20)18(23)11-6-9-10(7-13(11)20)16(3-2-14(9)21)28-29(24,25)26;/h2-3,6-8,21H,4-5H2,1H3,(H,24,25,26);/q;+1/t20-;/m0./s1. The van der Waals surface area contributed by atoms with Crippen LogP contribution in [-0.2, 0) is 15.8 Å². The first-order chi connectivity index (χ1) is 13.6. The fourth-order valence-corrected chi connectivity index (χ4v) is 4.85. The summed E-state index contributed by atoms with van der Waals surface area (Å²) in [6.07, 6.45) is 2.01. The van der Waals surface area contributed by atoms with E-state index >= 15 is 0 Å². The van der Waals surface area contributed by atoms with Gasteiger partial charge in [0.2, 0.25) is 5.78 Å². The summed E-state index contributed by atoms with van der Waals surface area (Å²) in [6, 6.07) is 5.44. The van der Waals surface area contributed by atoms with Gasteiger partial charge in [0.25, 0.3) is 0 Å². The van der Waals surface area contributed by atoms with Gasteiger partial charge in [0.15, 0.2) is 17.3 Å². The molecule has 0 bridgehead atoms. The number of hydrogen-bond acceptors (Lipinski definition) is 7. The molecule has 1 aromatic heterocycles. The van der Waals surface area contributed by atoms with Crippen molar-refractivity contribution >= 4 is 32.7 Å². The number of phenols is 1. The minimum absolute atomic E-state index is 0. The summed E-state index contributed by atoms with van der Waals surface area (Å²) in [5.74, 6) is -0.793. The van der Waals surface area contributed by atoms with Crippen molar-refractivity contribution in [1.29, 1.82) is 0 Å². The van der Waals surface area contributed by atoms with E-state index in [1.165, 1.54) is 24.5 Å². The second-order valence-corrected chi connectivity index (χ2v) is 8.50. The van der Waals surface area contributed by atoms with Crippen molar-refractivity contribution in [2.45, 2.75) is 25.2 Å². The van der Waals surface area contributed by atoms with E-state index < -0.39 is 21.6 Å². The number of hydrogen-bond donors (Lipinski definition) is 2. The Balaban J connectivity index is 0.00000218. The first-order valence-corrected chi connectivity index (χ1v) is 10.1. The van der Waals surface area contributed by atoms with Crippen LogP contribution in [0.5, 0.6) is 11.5 Å². The number of rotatable bonds is 2. The molecule has 0 aliphatic heterocycles. The van der Waals surface area contributed by atoms with Crippen LogP contribution in [-0.4, -0.2) is 29.6 Å². The molecule has 8 nitrogen and oxygen atoms in total. The maximum Gasteiger partial charge on any atom is 1.00 e. The number of phenolic OH excluding ortho intramolecular Hbond substituents is 1. The molecular formula is C20H14NaO8S+. The summed E-state index contributed by atoms with van der Waals surface area (Å²) in [7, 11) is -4.80. The number of furan rings is 1. The van der Waals surface area contributed by atoms with E-state index in [2.05, 4.69) is 4.18 Å². The molecule has 148 valence electrons. The molecule has 0 unspecified atom stereocenters. The second kappa shape index (κ2) is 6.66. The molecule has 3 aromatic rings. The molecule has 0 fully saturated rings. The molecular weight excluding hydrogens is 423 g/mol. The van der Waals surface area contributed by atoms with Crippen LogP contribution in [0.15, 0.2) is 34.9 Å². The Morgan fingerprint density at radius 1 is 1.13 bits per heavy atom. The van der Waals surface area contributed by atoms with Gasteiger partial charge in [-0.15, -0.1) is 0 Å². The van der Waals surface area contributed by atoms with Gasteiger partial charge in [-0.25, -0.2) is 0 Å². The molecule has 0 amide bonds. The molecule has 1 heterocycles. The van der Waals surface area contributed by atoms with Crippen LogP contribution in [0.2, 0.25) is 0 Å². The van der Waals surface area contributed by atoms with Crippen molar-refractivity contribution in [2.75, 3.05) is 0 Å². The summed E-state index contributed by atoms with van der Waals surface area (Å²) in [5, 5.41) is 10.7. The number of carbonyl (C=O) groups excluding carboxylic acids is 2. The van der Waals surface area contributed by atoms with E-state index in [0.717, 1.165) is 0 Å². The smallest absolute Gasteiger partial charge is 0.507 e. The zero-order valence-corrected chi connectivity index (χ0v) is 18.9. The number of ketones is 2. The molecule has 2 aromatic carbocycles. The normalized spacial score (nSPS) is 19.8. The first kappa shape index (κ1) is 21.1. The summed E-state index contributed by atoms with van der Waals surface area (Å²) in [5.41, 5.74) is 1.05. The minimum atomic E-state index is -4.80. The summed E-state index contributed by atoms with van der Waals surface area (Å²) >= 11 is 0. The van der Waals surface area contributed by atoms with Crippen LogP contribution in [0, 0.1) is 0 Å². The maximum atomic E-state index is 13.1. The van der Waals surface area contributed by atoms with Crippen molar-refractivity contribution in [3.05, 3.63) is 58.5 Å². The van der Waals surface area contributed by atoms with Crippen LogP contribution in [0.3, 0.4) is 0 Å². The van der Waals surface area contributed by atoms with E-state index in [9.17, 15) is 23.1 Å². The Hall–Kier alpha value is -2.17. The van der Waals surface area contributed by atoms with Gasteiger partial charge in [-0.1, -0.05) is 6.92 Å². The van der Waals surface area contributed by atoms with Gasteiger partial charge in [0.1, 0.15) is 12.0 Å². The van der Waals surface area contributed by atoms with Gasteiger partial charge in [0.05, 0.1) is 5.56 Å². The molecule has 2 aliphatic rings. The fraction of sp³-hybridized carbons (Fsp3) is 0.200. The average molecular weight is 437 g/mol. The van der Waals surface area contributed by atoms with Crippen molar-refractivity contribution in [2.24, 2.45) is 0 Å². The largest absolute Gasteiger partial charge is 1.00 e. The van der Waals surface area contributed by atoms with Gasteiger partial charge in [-0.2, -0.15) is 8.42 Å². The quantitative estimate of drug-likeness (QED) is 0.428. The molecule has 0 radical (unpaired) electrons. The average Bonchev–Trinajstić information content (AvgIpc) is 3.11. The van der Waals surface area contributed by atoms with Gasteiger partial charge in [0, 0.05) is 33.7 Å². The van der Waals surface area contributed by atoms with Crippen molar-refractivity contribution in [3.63, 3.8) is 0 Å². The van der Waals surface area contributed by atoms with Gasteiger partial charge in [-0.05, 0) is 36.2 Å². The number of Topliss-reactive ketones (excluding diaryl/α,β-unsaturated/α-hetero) is 1. The van der Waals surface area contributed by atoms with Crippen LogP contribution < -0.4 is 33.7 Å². The van der Waals surface area contributed by atoms with E-state index in [0.29, 0.717) is 28.7 Å². The van der Waals surface area contributed by atoms with Crippen LogP contribution in [0.25, 0.3) is 10.8 Å². The van der Waals surface area contributed by atoms with Gasteiger partial charge >= 0.3 is 40.0 Å². The summed E-state index contributed by atoms with van der Waals surface area (Å²) in [6.45, 7) is 1.89. The zero-order chi connectivity index (χ0) is 20.7. The molecule has 0 spiro atoms. The SMILES string of the molecule is C[C@@]12CCC(=O)c3coc(c31)C(=O)c1cc3c(O)ccc(OS(=O)(=O)O)c3cc12.[Na+]. The fourth-order valence-electron chi connectivity index (χ4n) is 4.47. The summed E-state index contributed by atoms with van der Waals surface area (Å²) < 4.78 is 41.7. The predicted molar refractivity (Wildman–Crippen MR) is 99.9 cm³/mol. The van der Waals surface area contributed by atoms with E-state index in [-0.39, 0.29) is 69.8 Å². The van der Waals surface area contributed by atoms with E-state index in [1.54, 1.807) is 6.07 Å². The number of benzene rings is 2. The van der Waals surface area contributed by atoms with Gasteiger partial charge in [-0.3, -0.25) is 14.1 Å². The summed E-state index contributed by atoms with van der Waals surface area (Å²) in [4.78, 5) is 25.4. The third-order valence-electron chi connectivity index (χ3n) is 5.83. The molecule has 2 N–H and O–H groups in total. The van der Waals surface area contributed by atoms with Crippen LogP contribution >= 0.6 is 0 Å². The third kappa shape index (κ3) is 2.84.